The number of hydrogen-bond donors (Lipinski definition) is 2. The Morgan fingerprint density at radius 3 is 2.42 bits per heavy atom. The predicted molar refractivity (Wildman–Crippen MR) is 75.2 cm³/mol. The van der Waals surface area contributed by atoms with Crippen LogP contribution in [-0.2, 0) is 5.54 Å². The number of aromatic nitrogens is 2. The molecule has 2 aromatic rings. The minimum Gasteiger partial charge on any atom is -0.508 e. The van der Waals surface area contributed by atoms with E-state index >= 15 is 0 Å². The monoisotopic (exact) mass is 282 g/mol. The summed E-state index contributed by atoms with van der Waals surface area (Å²) in [5, 5.41) is 12.6. The van der Waals surface area contributed by atoms with Crippen LogP contribution in [0.15, 0.2) is 15.7 Å². The molecule has 0 saturated carbocycles. The number of nitrogens with one attached hydrogen (secondary N) is 1. The van der Waals surface area contributed by atoms with E-state index in [0.29, 0.717) is 5.56 Å². The van der Waals surface area contributed by atoms with Gasteiger partial charge in [0.2, 0.25) is 0 Å². The molecule has 2 rings (SSSR count). The Morgan fingerprint density at radius 2 is 1.89 bits per heavy atom. The third-order valence-corrected chi connectivity index (χ3v) is 3.50. The van der Waals surface area contributed by atoms with Gasteiger partial charge in [0.15, 0.2) is 0 Å². The molecule has 1 heterocycles. The van der Waals surface area contributed by atoms with Crippen molar-refractivity contribution in [2.45, 2.75) is 33.2 Å². The maximum atomic E-state index is 12.4. The second kappa shape index (κ2) is 4.13. The lowest BCUT2D eigenvalue weighted by Crippen LogP contribution is -2.39. The number of halogens is 1. The molecular formula is C13H15ClN2O3. The molecule has 0 aliphatic carbocycles. The van der Waals surface area contributed by atoms with E-state index in [2.05, 4.69) is 5.10 Å². The molecule has 1 aromatic carbocycles. The highest BCUT2D eigenvalue weighted by Gasteiger charge is 2.21. The van der Waals surface area contributed by atoms with Crippen LogP contribution in [0.4, 0.5) is 0 Å². The van der Waals surface area contributed by atoms with Crippen LogP contribution in [0.5, 0.6) is 5.75 Å². The number of hydrogen-bond acceptors (Lipinski definition) is 3. The van der Waals surface area contributed by atoms with Crippen LogP contribution in [0, 0.1) is 6.92 Å². The molecule has 1 aromatic heterocycles. The van der Waals surface area contributed by atoms with Crippen molar-refractivity contribution in [1.82, 2.24) is 9.78 Å². The van der Waals surface area contributed by atoms with Crippen molar-refractivity contribution in [2.24, 2.45) is 0 Å². The Kier molecular flexibility index (Phi) is 2.97. The van der Waals surface area contributed by atoms with E-state index in [1.807, 2.05) is 0 Å². The first-order chi connectivity index (χ1) is 8.64. The summed E-state index contributed by atoms with van der Waals surface area (Å²) in [5.41, 5.74) is -1.02. The summed E-state index contributed by atoms with van der Waals surface area (Å²) in [6.45, 7) is 7.01. The molecule has 19 heavy (non-hydrogen) atoms. The normalized spacial score (nSPS) is 12.1. The van der Waals surface area contributed by atoms with E-state index in [1.54, 1.807) is 27.7 Å². The number of fused-ring (bicyclic) bond motifs is 1. The highest BCUT2D eigenvalue weighted by molar-refractivity contribution is 6.36. The zero-order chi connectivity index (χ0) is 14.5. The topological polar surface area (TPSA) is 75.1 Å². The van der Waals surface area contributed by atoms with Gasteiger partial charge < -0.3 is 5.11 Å². The lowest BCUT2D eigenvalue weighted by atomic mass is 10.1. The van der Waals surface area contributed by atoms with Gasteiger partial charge in [0, 0.05) is 5.56 Å². The summed E-state index contributed by atoms with van der Waals surface area (Å²) >= 11 is 6.10. The van der Waals surface area contributed by atoms with Crippen LogP contribution in [0.25, 0.3) is 10.8 Å². The quantitative estimate of drug-likeness (QED) is 0.777. The zero-order valence-electron chi connectivity index (χ0n) is 11.2. The average Bonchev–Trinajstić information content (AvgIpc) is 2.28. The molecular weight excluding hydrogens is 268 g/mol. The third kappa shape index (κ3) is 2.04. The molecule has 0 spiro atoms. The number of aromatic amines is 1. The standard InChI is InChI=1S/C13H15ClN2O3/c1-6-8(17)5-7-9(10(6)14)12(19)16(13(2,3)4)15-11(7)18/h5,17H,1-4H3,(H,15,18). The maximum Gasteiger partial charge on any atom is 0.275 e. The van der Waals surface area contributed by atoms with Crippen LogP contribution in [0.1, 0.15) is 26.3 Å². The lowest BCUT2D eigenvalue weighted by molar-refractivity contribution is 0.337. The predicted octanol–water partition coefficient (Wildman–Crippen LogP) is 2.11. The fourth-order valence-electron chi connectivity index (χ4n) is 1.92. The van der Waals surface area contributed by atoms with E-state index in [1.165, 1.54) is 10.7 Å². The average molecular weight is 283 g/mol. The smallest absolute Gasteiger partial charge is 0.275 e. The summed E-state index contributed by atoms with van der Waals surface area (Å²) in [4.78, 5) is 24.5. The molecule has 0 amide bonds. The summed E-state index contributed by atoms with van der Waals surface area (Å²) in [6.07, 6.45) is 0. The fourth-order valence-corrected chi connectivity index (χ4v) is 2.20. The first-order valence-corrected chi connectivity index (χ1v) is 6.20. The first-order valence-electron chi connectivity index (χ1n) is 5.82. The maximum absolute atomic E-state index is 12.4. The van der Waals surface area contributed by atoms with Crippen molar-refractivity contribution in [3.63, 3.8) is 0 Å². The molecule has 0 saturated heterocycles. The molecule has 6 heteroatoms. The van der Waals surface area contributed by atoms with Crippen LogP contribution >= 0.6 is 11.6 Å². The highest BCUT2D eigenvalue weighted by Crippen LogP contribution is 2.30. The van der Waals surface area contributed by atoms with Gasteiger partial charge >= 0.3 is 0 Å². The Hall–Kier alpha value is -1.75. The SMILES string of the molecule is Cc1c(O)cc2c(=O)[nH]n(C(C)(C)C)c(=O)c2c1Cl. The Bertz CT molecular complexity index is 782. The summed E-state index contributed by atoms with van der Waals surface area (Å²) in [5.74, 6) is -0.101. The van der Waals surface area contributed by atoms with Crippen LogP contribution in [-0.4, -0.2) is 14.9 Å². The van der Waals surface area contributed by atoms with E-state index in [9.17, 15) is 14.7 Å². The minimum absolute atomic E-state index is 0.0959. The number of H-pyrrole nitrogens is 1. The minimum atomic E-state index is -0.570. The van der Waals surface area contributed by atoms with Gasteiger partial charge in [-0.1, -0.05) is 11.6 Å². The van der Waals surface area contributed by atoms with Crippen molar-refractivity contribution in [3.05, 3.63) is 37.4 Å². The van der Waals surface area contributed by atoms with E-state index in [0.717, 1.165) is 0 Å². The zero-order valence-corrected chi connectivity index (χ0v) is 11.9. The van der Waals surface area contributed by atoms with Gasteiger partial charge in [0.1, 0.15) is 5.75 Å². The first kappa shape index (κ1) is 13.7. The molecule has 0 bridgehead atoms. The van der Waals surface area contributed by atoms with Crippen molar-refractivity contribution >= 4 is 22.4 Å². The summed E-state index contributed by atoms with van der Waals surface area (Å²) in [6, 6.07) is 1.27. The van der Waals surface area contributed by atoms with Gasteiger partial charge in [-0.15, -0.1) is 0 Å². The van der Waals surface area contributed by atoms with Gasteiger partial charge in [-0.25, -0.2) is 4.68 Å². The Morgan fingerprint density at radius 1 is 1.32 bits per heavy atom. The van der Waals surface area contributed by atoms with Crippen LogP contribution in [0.3, 0.4) is 0 Å². The summed E-state index contributed by atoms with van der Waals surface area (Å²) < 4.78 is 1.25. The third-order valence-electron chi connectivity index (χ3n) is 3.03. The van der Waals surface area contributed by atoms with Crippen LogP contribution in [0.2, 0.25) is 5.02 Å². The van der Waals surface area contributed by atoms with E-state index in [4.69, 9.17) is 11.6 Å². The van der Waals surface area contributed by atoms with Gasteiger partial charge in [-0.05, 0) is 33.8 Å². The molecule has 0 atom stereocenters. The molecule has 0 aliphatic heterocycles. The largest absolute Gasteiger partial charge is 0.508 e. The van der Waals surface area contributed by atoms with E-state index < -0.39 is 11.1 Å². The summed E-state index contributed by atoms with van der Waals surface area (Å²) in [7, 11) is 0. The molecule has 0 unspecified atom stereocenters. The molecule has 0 radical (unpaired) electrons. The number of phenols is 1. The van der Waals surface area contributed by atoms with Gasteiger partial charge in [-0.2, -0.15) is 0 Å². The van der Waals surface area contributed by atoms with Gasteiger partial charge in [-0.3, -0.25) is 14.7 Å². The van der Waals surface area contributed by atoms with Crippen molar-refractivity contribution < 1.29 is 5.11 Å². The number of phenolic OH excluding ortho intramolecular Hbond substituents is 1. The molecule has 0 fully saturated rings. The van der Waals surface area contributed by atoms with Gasteiger partial charge in [0.25, 0.3) is 11.1 Å². The fraction of sp³-hybridized carbons (Fsp3) is 0.385. The van der Waals surface area contributed by atoms with E-state index in [-0.39, 0.29) is 27.1 Å². The second-order valence-corrected chi connectivity index (χ2v) is 5.89. The van der Waals surface area contributed by atoms with Crippen molar-refractivity contribution in [3.8, 4) is 5.75 Å². The van der Waals surface area contributed by atoms with Crippen molar-refractivity contribution in [1.29, 1.82) is 0 Å². The highest BCUT2D eigenvalue weighted by atomic mass is 35.5. The van der Waals surface area contributed by atoms with Crippen LogP contribution < -0.4 is 11.1 Å². The molecule has 102 valence electrons. The molecule has 5 nitrogen and oxygen atoms in total. The number of nitrogens with zero attached hydrogens (tertiary/aromatic N) is 1. The van der Waals surface area contributed by atoms with Crippen molar-refractivity contribution in [2.75, 3.05) is 0 Å². The number of rotatable bonds is 0. The molecule has 0 aliphatic rings. The lowest BCUT2D eigenvalue weighted by Gasteiger charge is -2.22. The second-order valence-electron chi connectivity index (χ2n) is 5.51. The molecule has 2 N–H and O–H groups in total. The Balaban J connectivity index is 3.11. The number of aromatic hydroxyl groups is 1. The van der Waals surface area contributed by atoms with Gasteiger partial charge in [0.05, 0.1) is 21.3 Å². The number of benzene rings is 1. The Labute approximate surface area is 114 Å².